The van der Waals surface area contributed by atoms with Crippen LogP contribution in [0.1, 0.15) is 31.4 Å². The van der Waals surface area contributed by atoms with Crippen LogP contribution in [0.5, 0.6) is 0 Å². The van der Waals surface area contributed by atoms with Gasteiger partial charge in [-0.3, -0.25) is 4.90 Å². The van der Waals surface area contributed by atoms with Crippen molar-refractivity contribution in [2.24, 2.45) is 5.92 Å². The van der Waals surface area contributed by atoms with Crippen molar-refractivity contribution in [2.45, 2.75) is 25.8 Å². The summed E-state index contributed by atoms with van der Waals surface area (Å²) < 4.78 is 0. The van der Waals surface area contributed by atoms with E-state index in [2.05, 4.69) is 24.2 Å². The molecule has 1 aromatic carbocycles. The fraction of sp³-hybridized carbons (Fsp3) is 0.600. The van der Waals surface area contributed by atoms with Gasteiger partial charge in [0.1, 0.15) is 0 Å². The molecule has 2 nitrogen and oxygen atoms in total. The van der Waals surface area contributed by atoms with Gasteiger partial charge in [-0.05, 0) is 69.6 Å². The van der Waals surface area contributed by atoms with Crippen LogP contribution in [0.25, 0.3) is 0 Å². The fourth-order valence-electron chi connectivity index (χ4n) is 2.72. The van der Waals surface area contributed by atoms with E-state index < -0.39 is 0 Å². The first-order valence-electron chi connectivity index (χ1n) is 6.94. The molecule has 2 atom stereocenters. The van der Waals surface area contributed by atoms with E-state index in [0.29, 0.717) is 0 Å². The summed E-state index contributed by atoms with van der Waals surface area (Å²) in [7, 11) is 2.16. The number of piperidine rings is 1. The highest BCUT2D eigenvalue weighted by atomic mass is 35.5. The third-order valence-corrected chi connectivity index (χ3v) is 4.59. The Hall–Kier alpha value is -0.280. The first-order chi connectivity index (χ1) is 9.08. The Morgan fingerprint density at radius 2 is 2.21 bits per heavy atom. The summed E-state index contributed by atoms with van der Waals surface area (Å²) in [5, 5.41) is 5.01. The van der Waals surface area contributed by atoms with E-state index in [1.807, 2.05) is 18.2 Å². The maximum atomic E-state index is 6.28. The zero-order valence-corrected chi connectivity index (χ0v) is 13.1. The molecule has 0 aromatic heterocycles. The van der Waals surface area contributed by atoms with E-state index in [1.54, 1.807) is 0 Å². The highest BCUT2D eigenvalue weighted by Crippen LogP contribution is 2.30. The number of nitrogens with zero attached hydrogens (tertiary/aromatic N) is 1. The quantitative estimate of drug-likeness (QED) is 0.904. The van der Waals surface area contributed by atoms with Gasteiger partial charge in [-0.25, -0.2) is 0 Å². The summed E-state index contributed by atoms with van der Waals surface area (Å²) in [6.07, 6.45) is 2.60. The molecule has 2 rings (SSSR count). The lowest BCUT2D eigenvalue weighted by atomic mass is 9.98. The summed E-state index contributed by atoms with van der Waals surface area (Å²) in [5.74, 6) is 0.735. The maximum Gasteiger partial charge on any atom is 0.0454 e. The van der Waals surface area contributed by atoms with Crippen LogP contribution >= 0.6 is 23.2 Å². The van der Waals surface area contributed by atoms with Gasteiger partial charge in [0.15, 0.2) is 0 Å². The molecule has 106 valence electrons. The lowest BCUT2D eigenvalue weighted by Crippen LogP contribution is -2.37. The SMILES string of the molecule is CC(c1cc(Cl)ccc1Cl)N(C)CC1CCCNC1. The first-order valence-corrected chi connectivity index (χ1v) is 7.69. The van der Waals surface area contributed by atoms with Crippen molar-refractivity contribution in [1.29, 1.82) is 0 Å². The van der Waals surface area contributed by atoms with Crippen molar-refractivity contribution in [3.63, 3.8) is 0 Å². The Labute approximate surface area is 126 Å². The second-order valence-electron chi connectivity index (χ2n) is 5.49. The van der Waals surface area contributed by atoms with E-state index in [-0.39, 0.29) is 6.04 Å². The molecule has 0 radical (unpaired) electrons. The minimum atomic E-state index is 0.285. The summed E-state index contributed by atoms with van der Waals surface area (Å²) in [6, 6.07) is 5.98. The van der Waals surface area contributed by atoms with E-state index >= 15 is 0 Å². The number of benzene rings is 1. The normalized spacial score (nSPS) is 21.6. The molecule has 1 aliphatic rings. The van der Waals surface area contributed by atoms with Crippen LogP contribution in [-0.4, -0.2) is 31.6 Å². The first kappa shape index (κ1) is 15.1. The minimum absolute atomic E-state index is 0.285. The van der Waals surface area contributed by atoms with Gasteiger partial charge in [-0.15, -0.1) is 0 Å². The van der Waals surface area contributed by atoms with Crippen molar-refractivity contribution < 1.29 is 0 Å². The maximum absolute atomic E-state index is 6.28. The van der Waals surface area contributed by atoms with Crippen molar-refractivity contribution in [2.75, 3.05) is 26.7 Å². The Morgan fingerprint density at radius 1 is 1.42 bits per heavy atom. The van der Waals surface area contributed by atoms with Crippen LogP contribution in [0.2, 0.25) is 10.0 Å². The van der Waals surface area contributed by atoms with Gasteiger partial charge in [-0.2, -0.15) is 0 Å². The molecule has 0 bridgehead atoms. The average molecular weight is 301 g/mol. The van der Waals surface area contributed by atoms with Gasteiger partial charge >= 0.3 is 0 Å². The highest BCUT2D eigenvalue weighted by molar-refractivity contribution is 6.33. The van der Waals surface area contributed by atoms with Crippen molar-refractivity contribution in [1.82, 2.24) is 10.2 Å². The van der Waals surface area contributed by atoms with Crippen LogP contribution in [0.3, 0.4) is 0 Å². The highest BCUT2D eigenvalue weighted by Gasteiger charge is 2.20. The van der Waals surface area contributed by atoms with Crippen LogP contribution in [0.4, 0.5) is 0 Å². The molecule has 1 aromatic rings. The molecule has 0 amide bonds. The smallest absolute Gasteiger partial charge is 0.0454 e. The Balaban J connectivity index is 2.01. The van der Waals surface area contributed by atoms with Gasteiger partial charge in [0.2, 0.25) is 0 Å². The second kappa shape index (κ2) is 6.94. The van der Waals surface area contributed by atoms with Crippen molar-refractivity contribution in [3.8, 4) is 0 Å². The molecule has 0 spiro atoms. The number of halogens is 2. The Morgan fingerprint density at radius 3 is 2.89 bits per heavy atom. The molecule has 2 unspecified atom stereocenters. The van der Waals surface area contributed by atoms with E-state index in [9.17, 15) is 0 Å². The fourth-order valence-corrected chi connectivity index (χ4v) is 3.17. The van der Waals surface area contributed by atoms with Gasteiger partial charge in [0, 0.05) is 22.6 Å². The van der Waals surface area contributed by atoms with Crippen molar-refractivity contribution >= 4 is 23.2 Å². The number of rotatable bonds is 4. The van der Waals surface area contributed by atoms with Crippen molar-refractivity contribution in [3.05, 3.63) is 33.8 Å². The molecule has 1 aliphatic heterocycles. The van der Waals surface area contributed by atoms with Gasteiger partial charge < -0.3 is 5.32 Å². The standard InChI is InChI=1S/C15H22Cl2N2/c1-11(14-8-13(16)5-6-15(14)17)19(2)10-12-4-3-7-18-9-12/h5-6,8,11-12,18H,3-4,7,9-10H2,1-2H3. The summed E-state index contributed by atoms with van der Waals surface area (Å²) in [4.78, 5) is 2.37. The zero-order chi connectivity index (χ0) is 13.8. The molecule has 0 saturated carbocycles. The van der Waals surface area contributed by atoms with Crippen LogP contribution in [0, 0.1) is 5.92 Å². The minimum Gasteiger partial charge on any atom is -0.316 e. The van der Waals surface area contributed by atoms with E-state index in [1.165, 1.54) is 12.8 Å². The largest absolute Gasteiger partial charge is 0.316 e. The zero-order valence-electron chi connectivity index (χ0n) is 11.6. The number of hydrogen-bond acceptors (Lipinski definition) is 2. The Bertz CT molecular complexity index is 417. The molecular formula is C15H22Cl2N2. The summed E-state index contributed by atoms with van der Waals surface area (Å²) in [6.45, 7) is 5.57. The average Bonchev–Trinajstić information content (AvgIpc) is 2.42. The summed E-state index contributed by atoms with van der Waals surface area (Å²) >= 11 is 12.4. The lowest BCUT2D eigenvalue weighted by Gasteiger charge is -2.32. The molecule has 1 fully saturated rings. The van der Waals surface area contributed by atoms with Gasteiger partial charge in [-0.1, -0.05) is 23.2 Å². The molecule has 1 N–H and O–H groups in total. The van der Waals surface area contributed by atoms with E-state index in [4.69, 9.17) is 23.2 Å². The molecule has 0 aliphatic carbocycles. The van der Waals surface area contributed by atoms with Gasteiger partial charge in [0.05, 0.1) is 0 Å². The van der Waals surface area contributed by atoms with Crippen LogP contribution in [-0.2, 0) is 0 Å². The third kappa shape index (κ3) is 4.09. The molecular weight excluding hydrogens is 279 g/mol. The van der Waals surface area contributed by atoms with E-state index in [0.717, 1.165) is 41.2 Å². The predicted octanol–water partition coefficient (Wildman–Crippen LogP) is 3.99. The second-order valence-corrected chi connectivity index (χ2v) is 6.34. The van der Waals surface area contributed by atoms with Gasteiger partial charge in [0.25, 0.3) is 0 Å². The number of nitrogens with one attached hydrogen (secondary N) is 1. The van der Waals surface area contributed by atoms with Crippen LogP contribution < -0.4 is 5.32 Å². The topological polar surface area (TPSA) is 15.3 Å². The third-order valence-electron chi connectivity index (χ3n) is 4.01. The molecule has 4 heteroatoms. The number of hydrogen-bond donors (Lipinski definition) is 1. The van der Waals surface area contributed by atoms with Crippen LogP contribution in [0.15, 0.2) is 18.2 Å². The lowest BCUT2D eigenvalue weighted by molar-refractivity contribution is 0.199. The molecule has 1 heterocycles. The predicted molar refractivity (Wildman–Crippen MR) is 83.1 cm³/mol. The molecule has 1 saturated heterocycles. The Kier molecular flexibility index (Phi) is 5.52. The monoisotopic (exact) mass is 300 g/mol. The molecule has 19 heavy (non-hydrogen) atoms. The summed E-state index contributed by atoms with van der Waals surface area (Å²) in [5.41, 5.74) is 1.11.